The average Bonchev–Trinajstić information content (AvgIpc) is 2.80. The normalized spacial score (nSPS) is 14.8. The van der Waals surface area contributed by atoms with Gasteiger partial charge in [-0.25, -0.2) is 0 Å². The maximum absolute atomic E-state index is 12.7. The second-order valence-electron chi connectivity index (χ2n) is 7.84. The van der Waals surface area contributed by atoms with Gasteiger partial charge in [-0.1, -0.05) is 18.2 Å². The molecule has 0 saturated carbocycles. The highest BCUT2D eigenvalue weighted by Gasteiger charge is 2.21. The molecule has 2 aromatic rings. The first-order chi connectivity index (χ1) is 15.0. The number of carbonyl (C=O) groups excluding carboxylic acids is 1. The highest BCUT2D eigenvalue weighted by atomic mass is 16.5. The molecule has 1 aliphatic heterocycles. The van der Waals surface area contributed by atoms with Gasteiger partial charge in [0.05, 0.1) is 27.9 Å². The molecule has 1 aliphatic rings. The summed E-state index contributed by atoms with van der Waals surface area (Å²) in [6, 6.07) is 14.0. The van der Waals surface area contributed by atoms with E-state index in [-0.39, 0.29) is 5.91 Å². The summed E-state index contributed by atoms with van der Waals surface area (Å²) in [7, 11) is 6.76. The number of benzene rings is 2. The number of likely N-dealkylation sites (N-methyl/N-ethyl adjacent to an activating group) is 1. The van der Waals surface area contributed by atoms with Crippen molar-refractivity contribution in [2.45, 2.75) is 13.1 Å². The quantitative estimate of drug-likeness (QED) is 0.613. The van der Waals surface area contributed by atoms with Crippen molar-refractivity contribution in [2.24, 2.45) is 0 Å². The molecule has 0 atom stereocenters. The van der Waals surface area contributed by atoms with Gasteiger partial charge in [0, 0.05) is 46.3 Å². The van der Waals surface area contributed by atoms with Gasteiger partial charge < -0.3 is 19.1 Å². The summed E-state index contributed by atoms with van der Waals surface area (Å²) in [5.74, 6) is 2.37. The Morgan fingerprint density at radius 1 is 0.839 bits per heavy atom. The smallest absolute Gasteiger partial charge is 0.236 e. The molecule has 0 N–H and O–H groups in total. The van der Waals surface area contributed by atoms with Gasteiger partial charge in [0.1, 0.15) is 5.75 Å². The van der Waals surface area contributed by atoms with Crippen LogP contribution in [-0.2, 0) is 17.9 Å². The Bertz CT molecular complexity index is 848. The number of amides is 1. The number of hydrogen-bond acceptors (Lipinski definition) is 6. The van der Waals surface area contributed by atoms with Gasteiger partial charge in [0.2, 0.25) is 5.91 Å². The lowest BCUT2D eigenvalue weighted by atomic mass is 10.2. The summed E-state index contributed by atoms with van der Waals surface area (Å²) in [4.78, 5) is 19.2. The number of carbonyl (C=O) groups is 1. The van der Waals surface area contributed by atoms with Crippen LogP contribution in [0, 0.1) is 0 Å². The van der Waals surface area contributed by atoms with Crippen molar-refractivity contribution in [3.8, 4) is 17.2 Å². The molecule has 0 unspecified atom stereocenters. The highest BCUT2D eigenvalue weighted by Crippen LogP contribution is 2.28. The Kier molecular flexibility index (Phi) is 8.14. The number of ether oxygens (including phenoxy) is 3. The maximum atomic E-state index is 12.7. The van der Waals surface area contributed by atoms with Gasteiger partial charge >= 0.3 is 0 Å². The maximum Gasteiger partial charge on any atom is 0.236 e. The van der Waals surface area contributed by atoms with Crippen molar-refractivity contribution >= 4 is 5.91 Å². The van der Waals surface area contributed by atoms with Crippen LogP contribution >= 0.6 is 0 Å². The zero-order chi connectivity index (χ0) is 22.2. The van der Waals surface area contributed by atoms with Gasteiger partial charge in [-0.15, -0.1) is 0 Å². The third kappa shape index (κ3) is 6.35. The van der Waals surface area contributed by atoms with E-state index in [0.29, 0.717) is 24.6 Å². The molecule has 0 spiro atoms. The first-order valence-corrected chi connectivity index (χ1v) is 10.5. The monoisotopic (exact) mass is 427 g/mol. The van der Waals surface area contributed by atoms with Gasteiger partial charge in [-0.2, -0.15) is 0 Å². The van der Waals surface area contributed by atoms with Gasteiger partial charge in [0.25, 0.3) is 0 Å². The number of rotatable bonds is 9. The van der Waals surface area contributed by atoms with Crippen LogP contribution in [0.5, 0.6) is 17.2 Å². The molecular weight excluding hydrogens is 394 g/mol. The number of nitrogens with zero attached hydrogens (tertiary/aromatic N) is 3. The summed E-state index contributed by atoms with van der Waals surface area (Å²) in [5.41, 5.74) is 2.29. The van der Waals surface area contributed by atoms with E-state index in [1.54, 1.807) is 26.2 Å². The Labute approximate surface area is 185 Å². The standard InChI is InChI=1S/C24H33N3O4/c1-25(16-20-7-10-22(30-3)23(15-20)31-4)24(28)18-27-13-11-26(12-14-27)17-19-5-8-21(29-2)9-6-19/h5-10,15H,11-14,16-18H2,1-4H3. The van der Waals surface area contributed by atoms with Crippen molar-refractivity contribution in [3.05, 3.63) is 53.6 Å². The number of methoxy groups -OCH3 is 3. The van der Waals surface area contributed by atoms with Crippen LogP contribution in [0.3, 0.4) is 0 Å². The van der Waals surface area contributed by atoms with E-state index in [1.807, 2.05) is 37.4 Å². The predicted octanol–water partition coefficient (Wildman–Crippen LogP) is 2.49. The summed E-state index contributed by atoms with van der Waals surface area (Å²) in [6.07, 6.45) is 0. The first kappa shape index (κ1) is 22.9. The molecule has 7 heteroatoms. The van der Waals surface area contributed by atoms with E-state index >= 15 is 0 Å². The fourth-order valence-corrected chi connectivity index (χ4v) is 3.75. The van der Waals surface area contributed by atoms with E-state index < -0.39 is 0 Å². The molecule has 0 aliphatic carbocycles. The zero-order valence-corrected chi connectivity index (χ0v) is 19.0. The van der Waals surface area contributed by atoms with Crippen molar-refractivity contribution in [3.63, 3.8) is 0 Å². The van der Waals surface area contributed by atoms with E-state index in [2.05, 4.69) is 21.9 Å². The second kappa shape index (κ2) is 11.0. The van der Waals surface area contributed by atoms with E-state index in [0.717, 1.165) is 44.0 Å². The number of piperazine rings is 1. The molecule has 1 fully saturated rings. The van der Waals surface area contributed by atoms with Crippen molar-refractivity contribution in [1.29, 1.82) is 0 Å². The molecule has 0 radical (unpaired) electrons. The molecule has 1 saturated heterocycles. The van der Waals surface area contributed by atoms with Gasteiger partial charge in [0.15, 0.2) is 11.5 Å². The van der Waals surface area contributed by atoms with E-state index in [9.17, 15) is 4.79 Å². The molecule has 31 heavy (non-hydrogen) atoms. The lowest BCUT2D eigenvalue weighted by Crippen LogP contribution is -2.49. The fourth-order valence-electron chi connectivity index (χ4n) is 3.75. The third-order valence-electron chi connectivity index (χ3n) is 5.68. The molecule has 1 heterocycles. The van der Waals surface area contributed by atoms with E-state index in [4.69, 9.17) is 14.2 Å². The summed E-state index contributed by atoms with van der Waals surface area (Å²) in [5, 5.41) is 0. The Morgan fingerprint density at radius 2 is 1.45 bits per heavy atom. The SMILES string of the molecule is COc1ccc(CN2CCN(CC(=O)N(C)Cc3ccc(OC)c(OC)c3)CC2)cc1. The van der Waals surface area contributed by atoms with Crippen LogP contribution < -0.4 is 14.2 Å². The van der Waals surface area contributed by atoms with Crippen molar-refractivity contribution in [1.82, 2.24) is 14.7 Å². The lowest BCUT2D eigenvalue weighted by Gasteiger charge is -2.35. The predicted molar refractivity (Wildman–Crippen MR) is 121 cm³/mol. The molecule has 0 aromatic heterocycles. The van der Waals surface area contributed by atoms with Gasteiger partial charge in [-0.05, 0) is 35.4 Å². The summed E-state index contributed by atoms with van der Waals surface area (Å²) in [6.45, 7) is 5.61. The molecule has 3 rings (SSSR count). The second-order valence-corrected chi connectivity index (χ2v) is 7.84. The zero-order valence-electron chi connectivity index (χ0n) is 19.0. The molecule has 7 nitrogen and oxygen atoms in total. The Hall–Kier alpha value is -2.77. The minimum atomic E-state index is 0.124. The van der Waals surface area contributed by atoms with Crippen LogP contribution in [0.15, 0.2) is 42.5 Å². The third-order valence-corrected chi connectivity index (χ3v) is 5.68. The summed E-state index contributed by atoms with van der Waals surface area (Å²) < 4.78 is 15.9. The molecular formula is C24H33N3O4. The van der Waals surface area contributed by atoms with Crippen LogP contribution in [0.1, 0.15) is 11.1 Å². The van der Waals surface area contributed by atoms with Crippen LogP contribution in [0.2, 0.25) is 0 Å². The highest BCUT2D eigenvalue weighted by molar-refractivity contribution is 5.78. The average molecular weight is 428 g/mol. The molecule has 0 bridgehead atoms. The first-order valence-electron chi connectivity index (χ1n) is 10.5. The number of hydrogen-bond donors (Lipinski definition) is 0. The topological polar surface area (TPSA) is 54.5 Å². The van der Waals surface area contributed by atoms with Crippen molar-refractivity contribution < 1.29 is 19.0 Å². The largest absolute Gasteiger partial charge is 0.497 e. The van der Waals surface area contributed by atoms with Gasteiger partial charge in [-0.3, -0.25) is 14.6 Å². The minimum Gasteiger partial charge on any atom is -0.497 e. The minimum absolute atomic E-state index is 0.124. The Balaban J connectivity index is 1.44. The van der Waals surface area contributed by atoms with Crippen LogP contribution in [-0.4, -0.2) is 81.7 Å². The fraction of sp³-hybridized carbons (Fsp3) is 0.458. The van der Waals surface area contributed by atoms with Crippen LogP contribution in [0.4, 0.5) is 0 Å². The molecule has 168 valence electrons. The Morgan fingerprint density at radius 3 is 2.06 bits per heavy atom. The van der Waals surface area contributed by atoms with E-state index in [1.165, 1.54) is 5.56 Å². The molecule has 2 aromatic carbocycles. The lowest BCUT2D eigenvalue weighted by molar-refractivity contribution is -0.132. The van der Waals surface area contributed by atoms with Crippen LogP contribution in [0.25, 0.3) is 0 Å². The molecule has 1 amide bonds. The van der Waals surface area contributed by atoms with Crippen molar-refractivity contribution in [2.75, 3.05) is 61.1 Å². The summed E-state index contributed by atoms with van der Waals surface area (Å²) >= 11 is 0.